The van der Waals surface area contributed by atoms with Gasteiger partial charge in [0, 0.05) is 17.3 Å². The average molecular weight is 319 g/mol. The van der Waals surface area contributed by atoms with Crippen LogP contribution in [0, 0.1) is 17.0 Å². The zero-order valence-electron chi connectivity index (χ0n) is 12.7. The Morgan fingerprint density at radius 2 is 2.17 bits per heavy atom. The molecule has 8 heteroatoms. The smallest absolute Gasteiger partial charge is 0.319 e. The van der Waals surface area contributed by atoms with Crippen LogP contribution >= 0.6 is 0 Å². The fraction of sp³-hybridized carbons (Fsp3) is 0.267. The Balaban J connectivity index is 1.95. The maximum absolute atomic E-state index is 11.9. The molecule has 122 valence electrons. The van der Waals surface area contributed by atoms with Crippen molar-refractivity contribution in [2.45, 2.75) is 19.4 Å². The number of aryl methyl sites for hydroxylation is 1. The zero-order chi connectivity index (χ0) is 17.0. The highest BCUT2D eigenvalue weighted by atomic mass is 16.6. The van der Waals surface area contributed by atoms with Crippen molar-refractivity contribution in [2.24, 2.45) is 0 Å². The normalized spacial score (nSPS) is 13.2. The van der Waals surface area contributed by atoms with Crippen molar-refractivity contribution >= 4 is 17.4 Å². The summed E-state index contributed by atoms with van der Waals surface area (Å²) < 4.78 is 5.11. The van der Waals surface area contributed by atoms with E-state index >= 15 is 0 Å². The number of carbonyl (C=O) groups is 1. The Morgan fingerprint density at radius 1 is 1.43 bits per heavy atom. The molecule has 0 spiro atoms. The summed E-state index contributed by atoms with van der Waals surface area (Å²) in [5.41, 5.74) is -0.498. The predicted octanol–water partition coefficient (Wildman–Crippen LogP) is 2.53. The van der Waals surface area contributed by atoms with E-state index in [-0.39, 0.29) is 12.2 Å². The highest BCUT2D eigenvalue weighted by Gasteiger charge is 2.26. The van der Waals surface area contributed by atoms with Crippen LogP contribution in [-0.4, -0.2) is 22.6 Å². The first-order valence-electron chi connectivity index (χ1n) is 6.86. The molecule has 2 rings (SSSR count). The first-order chi connectivity index (χ1) is 10.8. The van der Waals surface area contributed by atoms with Gasteiger partial charge in [-0.15, -0.1) is 0 Å². The third-order valence-electron chi connectivity index (χ3n) is 3.30. The molecule has 0 aliphatic rings. The number of nitrogens with zero attached hydrogens (tertiary/aromatic N) is 1. The number of carbonyl (C=O) groups excluding carboxylic acids is 1. The highest BCUT2D eigenvalue weighted by molar-refractivity contribution is 5.89. The molecule has 1 aromatic carbocycles. The van der Waals surface area contributed by atoms with Crippen LogP contribution in [-0.2, 0) is 5.60 Å². The Morgan fingerprint density at radius 3 is 2.74 bits per heavy atom. The van der Waals surface area contributed by atoms with Gasteiger partial charge in [-0.05, 0) is 38.1 Å². The van der Waals surface area contributed by atoms with Crippen molar-refractivity contribution < 1.29 is 19.2 Å². The second-order valence-corrected chi connectivity index (χ2v) is 5.32. The van der Waals surface area contributed by atoms with E-state index in [0.29, 0.717) is 17.0 Å². The van der Waals surface area contributed by atoms with E-state index in [1.807, 2.05) is 0 Å². The van der Waals surface area contributed by atoms with Gasteiger partial charge < -0.3 is 20.2 Å². The molecule has 2 amide bonds. The molecule has 2 aromatic rings. The minimum atomic E-state index is -1.34. The van der Waals surface area contributed by atoms with Gasteiger partial charge in [0.15, 0.2) is 0 Å². The van der Waals surface area contributed by atoms with E-state index in [1.54, 1.807) is 19.1 Å². The summed E-state index contributed by atoms with van der Waals surface area (Å²) in [6.45, 7) is 3.05. The van der Waals surface area contributed by atoms with Gasteiger partial charge in [0.25, 0.3) is 5.69 Å². The summed E-state index contributed by atoms with van der Waals surface area (Å²) in [5, 5.41) is 26.0. The SMILES string of the molecule is Cc1cc(NC(=O)NC[C@](C)(O)c2ccco2)ccc1[N+](=O)[O-]. The number of urea groups is 1. The lowest BCUT2D eigenvalue weighted by Gasteiger charge is -2.21. The van der Waals surface area contributed by atoms with E-state index in [2.05, 4.69) is 10.6 Å². The molecule has 0 saturated heterocycles. The van der Waals surface area contributed by atoms with Crippen LogP contribution < -0.4 is 10.6 Å². The molecule has 23 heavy (non-hydrogen) atoms. The summed E-state index contributed by atoms with van der Waals surface area (Å²) >= 11 is 0. The van der Waals surface area contributed by atoms with E-state index < -0.39 is 16.6 Å². The maximum atomic E-state index is 11.9. The van der Waals surface area contributed by atoms with Gasteiger partial charge in [-0.2, -0.15) is 0 Å². The van der Waals surface area contributed by atoms with Crippen LogP contribution in [0.15, 0.2) is 41.0 Å². The van der Waals surface area contributed by atoms with Crippen LogP contribution in [0.4, 0.5) is 16.2 Å². The van der Waals surface area contributed by atoms with Gasteiger partial charge in [0.1, 0.15) is 11.4 Å². The number of nitro benzene ring substituents is 1. The van der Waals surface area contributed by atoms with Crippen LogP contribution in [0.1, 0.15) is 18.2 Å². The minimum Gasteiger partial charge on any atom is -0.466 e. The molecule has 0 aliphatic heterocycles. The van der Waals surface area contributed by atoms with Crippen molar-refractivity contribution in [2.75, 3.05) is 11.9 Å². The van der Waals surface area contributed by atoms with Crippen molar-refractivity contribution in [3.05, 3.63) is 58.0 Å². The van der Waals surface area contributed by atoms with Gasteiger partial charge in [-0.1, -0.05) is 0 Å². The van der Waals surface area contributed by atoms with Gasteiger partial charge in [-0.3, -0.25) is 10.1 Å². The Hall–Kier alpha value is -2.87. The summed E-state index contributed by atoms with van der Waals surface area (Å²) in [6, 6.07) is 6.98. The number of aliphatic hydroxyl groups is 1. The average Bonchev–Trinajstić information content (AvgIpc) is 3.00. The number of furan rings is 1. The van der Waals surface area contributed by atoms with Crippen molar-refractivity contribution in [3.8, 4) is 0 Å². The molecule has 0 unspecified atom stereocenters. The quantitative estimate of drug-likeness (QED) is 0.578. The number of hydrogen-bond acceptors (Lipinski definition) is 5. The third-order valence-corrected chi connectivity index (χ3v) is 3.30. The maximum Gasteiger partial charge on any atom is 0.319 e. The van der Waals surface area contributed by atoms with E-state index in [4.69, 9.17) is 4.42 Å². The van der Waals surface area contributed by atoms with Crippen LogP contribution in [0.2, 0.25) is 0 Å². The molecular weight excluding hydrogens is 302 g/mol. The molecule has 1 aromatic heterocycles. The molecule has 1 atom stereocenters. The summed E-state index contributed by atoms with van der Waals surface area (Å²) in [4.78, 5) is 22.1. The summed E-state index contributed by atoms with van der Waals surface area (Å²) in [5.74, 6) is 0.337. The highest BCUT2D eigenvalue weighted by Crippen LogP contribution is 2.22. The lowest BCUT2D eigenvalue weighted by molar-refractivity contribution is -0.385. The molecule has 3 N–H and O–H groups in total. The lowest BCUT2D eigenvalue weighted by atomic mass is 10.0. The number of anilines is 1. The van der Waals surface area contributed by atoms with Gasteiger partial charge in [-0.25, -0.2) is 4.79 Å². The van der Waals surface area contributed by atoms with Gasteiger partial charge in [0.05, 0.1) is 17.7 Å². The number of nitro groups is 1. The largest absolute Gasteiger partial charge is 0.466 e. The third kappa shape index (κ3) is 4.07. The standard InChI is InChI=1S/C15H17N3O5/c1-10-8-11(5-6-12(10)18(21)22)17-14(19)16-9-15(2,20)13-4-3-7-23-13/h3-8,20H,9H2,1-2H3,(H2,16,17,19)/t15-/m0/s1. The van der Waals surface area contributed by atoms with Crippen LogP contribution in [0.25, 0.3) is 0 Å². The predicted molar refractivity (Wildman–Crippen MR) is 83.1 cm³/mol. The molecule has 0 saturated carbocycles. The van der Waals surface area contributed by atoms with Crippen molar-refractivity contribution in [3.63, 3.8) is 0 Å². The van der Waals surface area contributed by atoms with E-state index in [9.17, 15) is 20.0 Å². The summed E-state index contributed by atoms with van der Waals surface area (Å²) in [6.07, 6.45) is 1.43. The van der Waals surface area contributed by atoms with Crippen LogP contribution in [0.5, 0.6) is 0 Å². The van der Waals surface area contributed by atoms with Gasteiger partial charge >= 0.3 is 6.03 Å². The fourth-order valence-corrected chi connectivity index (χ4v) is 2.04. The number of rotatable bonds is 5. The second-order valence-electron chi connectivity index (χ2n) is 5.32. The topological polar surface area (TPSA) is 118 Å². The number of hydrogen-bond donors (Lipinski definition) is 3. The number of nitrogens with one attached hydrogen (secondary N) is 2. The molecule has 0 aliphatic carbocycles. The fourth-order valence-electron chi connectivity index (χ4n) is 2.04. The number of amides is 2. The zero-order valence-corrected chi connectivity index (χ0v) is 12.7. The molecule has 0 bridgehead atoms. The van der Waals surface area contributed by atoms with Crippen LogP contribution in [0.3, 0.4) is 0 Å². The number of benzene rings is 1. The Kier molecular flexibility index (Phi) is 4.65. The summed E-state index contributed by atoms with van der Waals surface area (Å²) in [7, 11) is 0. The molecule has 0 radical (unpaired) electrons. The lowest BCUT2D eigenvalue weighted by Crippen LogP contribution is -2.40. The van der Waals surface area contributed by atoms with Gasteiger partial charge in [0.2, 0.25) is 0 Å². The minimum absolute atomic E-state index is 0.0169. The Labute approximate surface area is 132 Å². The Bertz CT molecular complexity index is 710. The van der Waals surface area contributed by atoms with Crippen molar-refractivity contribution in [1.82, 2.24) is 5.32 Å². The first kappa shape index (κ1) is 16.5. The molecule has 1 heterocycles. The second kappa shape index (κ2) is 6.49. The van der Waals surface area contributed by atoms with Crippen molar-refractivity contribution in [1.29, 1.82) is 0 Å². The first-order valence-corrected chi connectivity index (χ1v) is 6.86. The molecule has 8 nitrogen and oxygen atoms in total. The molecular formula is C15H17N3O5. The monoisotopic (exact) mass is 319 g/mol. The van der Waals surface area contributed by atoms with E-state index in [1.165, 1.54) is 31.4 Å². The van der Waals surface area contributed by atoms with E-state index in [0.717, 1.165) is 0 Å². The molecule has 0 fully saturated rings.